The summed E-state index contributed by atoms with van der Waals surface area (Å²) in [5.74, 6) is -3.87. The summed E-state index contributed by atoms with van der Waals surface area (Å²) in [5.41, 5.74) is 5.80. The average Bonchev–Trinajstić information content (AvgIpc) is 2.61. The lowest BCUT2D eigenvalue weighted by molar-refractivity contribution is -0.146. The van der Waals surface area contributed by atoms with Gasteiger partial charge in [0, 0.05) is 0 Å². The van der Waals surface area contributed by atoms with Gasteiger partial charge in [0.15, 0.2) is 6.04 Å². The van der Waals surface area contributed by atoms with Gasteiger partial charge in [-0.1, -0.05) is 20.3 Å². The highest BCUT2D eigenvalue weighted by atomic mass is 16.4. The molecule has 0 aliphatic rings. The molecule has 162 valence electrons. The Bertz CT molecular complexity index is 568. The van der Waals surface area contributed by atoms with Crippen molar-refractivity contribution in [3.8, 4) is 0 Å². The van der Waals surface area contributed by atoms with Crippen LogP contribution in [-0.2, 0) is 19.2 Å². The zero-order valence-corrected chi connectivity index (χ0v) is 16.8. The van der Waals surface area contributed by atoms with Gasteiger partial charge in [0.2, 0.25) is 17.7 Å². The zero-order valence-electron chi connectivity index (χ0n) is 16.8. The van der Waals surface area contributed by atoms with Gasteiger partial charge in [-0.3, -0.25) is 14.4 Å². The van der Waals surface area contributed by atoms with E-state index in [2.05, 4.69) is 16.0 Å². The number of hydrogen-bond acceptors (Lipinski definition) is 7. The summed E-state index contributed by atoms with van der Waals surface area (Å²) in [6.07, 6.45) is -2.09. The fourth-order valence-corrected chi connectivity index (χ4v) is 2.20. The first kappa shape index (κ1) is 25.8. The molecule has 28 heavy (non-hydrogen) atoms. The predicted octanol–water partition coefficient (Wildman–Crippen LogP) is -2.32. The Kier molecular flexibility index (Phi) is 10.6. The molecule has 0 bridgehead atoms. The number of hydrogen-bond donors (Lipinski definition) is 7. The van der Waals surface area contributed by atoms with Gasteiger partial charge in [-0.15, -0.1) is 0 Å². The van der Waals surface area contributed by atoms with Crippen molar-refractivity contribution in [1.82, 2.24) is 16.0 Å². The number of aliphatic hydroxyl groups is 2. The normalized spacial score (nSPS) is 18.6. The van der Waals surface area contributed by atoms with Crippen LogP contribution in [0.3, 0.4) is 0 Å². The van der Waals surface area contributed by atoms with E-state index in [4.69, 9.17) is 10.8 Å². The minimum Gasteiger partial charge on any atom is -0.480 e. The molecule has 0 aliphatic carbocycles. The van der Waals surface area contributed by atoms with E-state index < -0.39 is 60.1 Å². The molecule has 0 rings (SSSR count). The fraction of sp³-hybridized carbons (Fsp3) is 0.765. The van der Waals surface area contributed by atoms with Crippen molar-refractivity contribution in [2.24, 2.45) is 11.7 Å². The molecule has 7 atom stereocenters. The van der Waals surface area contributed by atoms with Crippen molar-refractivity contribution in [1.29, 1.82) is 0 Å². The van der Waals surface area contributed by atoms with Crippen LogP contribution in [-0.4, -0.2) is 75.4 Å². The molecule has 0 heterocycles. The molecule has 0 saturated heterocycles. The van der Waals surface area contributed by atoms with E-state index in [1.54, 1.807) is 6.92 Å². The topological polar surface area (TPSA) is 191 Å². The number of carbonyl (C=O) groups is 4. The van der Waals surface area contributed by atoms with E-state index in [1.807, 2.05) is 6.92 Å². The second-order valence-corrected chi connectivity index (χ2v) is 6.93. The number of carbonyl (C=O) groups excluding carboxylic acids is 3. The highest BCUT2D eigenvalue weighted by Crippen LogP contribution is 2.05. The molecule has 0 aromatic rings. The molecule has 0 aromatic heterocycles. The lowest BCUT2D eigenvalue weighted by Crippen LogP contribution is -2.60. The van der Waals surface area contributed by atoms with Gasteiger partial charge < -0.3 is 37.0 Å². The summed E-state index contributed by atoms with van der Waals surface area (Å²) in [6.45, 7) is 7.45. The summed E-state index contributed by atoms with van der Waals surface area (Å²) < 4.78 is 0. The maximum atomic E-state index is 12.3. The highest BCUT2D eigenvalue weighted by Gasteiger charge is 2.33. The maximum absolute atomic E-state index is 12.3. The van der Waals surface area contributed by atoms with Gasteiger partial charge in [-0.05, 0) is 26.7 Å². The lowest BCUT2D eigenvalue weighted by atomic mass is 9.99. The first-order chi connectivity index (χ1) is 12.8. The summed E-state index contributed by atoms with van der Waals surface area (Å²) in [6, 6.07) is -4.96. The van der Waals surface area contributed by atoms with E-state index >= 15 is 0 Å². The summed E-state index contributed by atoms with van der Waals surface area (Å²) in [5, 5.41) is 35.0. The number of carboxylic acids is 1. The molecule has 8 N–H and O–H groups in total. The van der Waals surface area contributed by atoms with E-state index in [0.29, 0.717) is 6.42 Å². The van der Waals surface area contributed by atoms with Crippen LogP contribution in [0.15, 0.2) is 0 Å². The number of amides is 3. The predicted molar refractivity (Wildman–Crippen MR) is 99.9 cm³/mol. The quantitative estimate of drug-likeness (QED) is 0.199. The maximum Gasteiger partial charge on any atom is 0.328 e. The SMILES string of the molecule is CCC(C)C(N)C(=O)NC(C)C(=O)NC(C(=O)NC(C(=O)O)C(C)O)C(C)O. The monoisotopic (exact) mass is 404 g/mol. The number of aliphatic hydroxyl groups excluding tert-OH is 2. The second kappa shape index (κ2) is 11.6. The molecular weight excluding hydrogens is 372 g/mol. The summed E-state index contributed by atoms with van der Waals surface area (Å²) >= 11 is 0. The molecular formula is C17H32N4O7. The molecule has 3 amide bonds. The molecule has 0 aromatic carbocycles. The van der Waals surface area contributed by atoms with Crippen molar-refractivity contribution in [3.63, 3.8) is 0 Å². The van der Waals surface area contributed by atoms with Gasteiger partial charge in [-0.2, -0.15) is 0 Å². The lowest BCUT2D eigenvalue weighted by Gasteiger charge is -2.26. The second-order valence-electron chi connectivity index (χ2n) is 6.93. The number of aliphatic carboxylic acids is 1. The minimum absolute atomic E-state index is 0.0975. The molecule has 0 spiro atoms. The van der Waals surface area contributed by atoms with Crippen molar-refractivity contribution >= 4 is 23.7 Å². The number of nitrogens with one attached hydrogen (secondary N) is 3. The molecule has 11 heteroatoms. The van der Waals surface area contributed by atoms with Gasteiger partial charge in [0.25, 0.3) is 0 Å². The first-order valence-corrected chi connectivity index (χ1v) is 9.09. The van der Waals surface area contributed by atoms with E-state index in [9.17, 15) is 29.4 Å². The molecule has 0 fully saturated rings. The van der Waals surface area contributed by atoms with Crippen LogP contribution in [0, 0.1) is 5.92 Å². The molecule has 11 nitrogen and oxygen atoms in total. The number of nitrogens with two attached hydrogens (primary N) is 1. The Morgan fingerprint density at radius 3 is 1.68 bits per heavy atom. The van der Waals surface area contributed by atoms with E-state index in [-0.39, 0.29) is 5.92 Å². The number of rotatable bonds is 11. The van der Waals surface area contributed by atoms with Crippen LogP contribution in [0.1, 0.15) is 41.0 Å². The first-order valence-electron chi connectivity index (χ1n) is 9.09. The minimum atomic E-state index is -1.61. The Morgan fingerprint density at radius 2 is 1.29 bits per heavy atom. The van der Waals surface area contributed by atoms with Crippen LogP contribution >= 0.6 is 0 Å². The largest absolute Gasteiger partial charge is 0.480 e. The highest BCUT2D eigenvalue weighted by molar-refractivity contribution is 5.94. The average molecular weight is 404 g/mol. The van der Waals surface area contributed by atoms with Crippen molar-refractivity contribution < 1.29 is 34.5 Å². The Hall–Kier alpha value is -2.24. The van der Waals surface area contributed by atoms with E-state index in [0.717, 1.165) is 0 Å². The van der Waals surface area contributed by atoms with Crippen molar-refractivity contribution in [2.45, 2.75) is 77.4 Å². The van der Waals surface area contributed by atoms with Gasteiger partial charge >= 0.3 is 5.97 Å². The third-order valence-corrected chi connectivity index (χ3v) is 4.42. The van der Waals surface area contributed by atoms with Gasteiger partial charge in [-0.25, -0.2) is 4.79 Å². The van der Waals surface area contributed by atoms with Gasteiger partial charge in [0.1, 0.15) is 12.1 Å². The fourth-order valence-electron chi connectivity index (χ4n) is 2.20. The van der Waals surface area contributed by atoms with Crippen LogP contribution in [0.5, 0.6) is 0 Å². The Balaban J connectivity index is 5.04. The summed E-state index contributed by atoms with van der Waals surface area (Å²) in [7, 11) is 0. The smallest absolute Gasteiger partial charge is 0.328 e. The van der Waals surface area contributed by atoms with Crippen LogP contribution in [0.25, 0.3) is 0 Å². The standard InChI is InChI=1S/C17H32N4O7/c1-6-7(2)11(18)15(25)19-8(3)14(24)20-12(9(4)22)16(26)21-13(10(5)23)17(27)28/h7-13,22-23H,6,18H2,1-5H3,(H,19,25)(H,20,24)(H,21,26)(H,27,28). The third-order valence-electron chi connectivity index (χ3n) is 4.42. The van der Waals surface area contributed by atoms with Crippen LogP contribution in [0.2, 0.25) is 0 Å². The Labute approximate surface area is 164 Å². The van der Waals surface area contributed by atoms with Crippen LogP contribution in [0.4, 0.5) is 0 Å². The molecule has 0 saturated carbocycles. The van der Waals surface area contributed by atoms with E-state index in [1.165, 1.54) is 20.8 Å². The van der Waals surface area contributed by atoms with Crippen LogP contribution < -0.4 is 21.7 Å². The zero-order chi connectivity index (χ0) is 22.2. The summed E-state index contributed by atoms with van der Waals surface area (Å²) in [4.78, 5) is 47.7. The molecule has 7 unspecified atom stereocenters. The number of carboxylic acid groups (broad SMARTS) is 1. The molecule has 0 aliphatic heterocycles. The third kappa shape index (κ3) is 7.79. The van der Waals surface area contributed by atoms with Crippen molar-refractivity contribution in [2.75, 3.05) is 0 Å². The molecule has 0 radical (unpaired) electrons. The Morgan fingerprint density at radius 1 is 0.821 bits per heavy atom. The van der Waals surface area contributed by atoms with Gasteiger partial charge in [0.05, 0.1) is 18.2 Å². The van der Waals surface area contributed by atoms with Crippen molar-refractivity contribution in [3.05, 3.63) is 0 Å².